The normalized spacial score (nSPS) is 27.5. The third kappa shape index (κ3) is 11.0. The lowest BCUT2D eigenvalue weighted by atomic mass is 9.95. The standard InChI is InChI=1S/C35H52O8/c1-3-5-10-30-23-33(43-35(40-30)25-15-19-28(38)20-16-25)21-29(39)9-7-12-32-22-31(11-6-8-26(36)4-2)41-34(42-32)24-13-17-27(37)18-14-24/h13-20,26,29-39H,3-12,21-23H2,1-2H3. The van der Waals surface area contributed by atoms with E-state index in [1.807, 2.05) is 31.2 Å². The number of rotatable bonds is 16. The average Bonchev–Trinajstić information content (AvgIpc) is 3.00. The number of phenols is 2. The van der Waals surface area contributed by atoms with Gasteiger partial charge >= 0.3 is 0 Å². The topological polar surface area (TPSA) is 118 Å². The second kappa shape index (κ2) is 17.3. The second-order valence-corrected chi connectivity index (χ2v) is 12.3. The van der Waals surface area contributed by atoms with Crippen LogP contribution in [0.4, 0.5) is 0 Å². The number of phenolic OH excluding ortho intramolecular Hbond substituents is 2. The molecule has 0 spiro atoms. The quantitative estimate of drug-likeness (QED) is 0.160. The predicted molar refractivity (Wildman–Crippen MR) is 165 cm³/mol. The number of unbranched alkanes of at least 4 members (excludes halogenated alkanes) is 1. The Bertz CT molecular complexity index is 1040. The van der Waals surface area contributed by atoms with Gasteiger partial charge in [-0.3, -0.25) is 0 Å². The predicted octanol–water partition coefficient (Wildman–Crippen LogP) is 7.20. The molecular formula is C35H52O8. The van der Waals surface area contributed by atoms with Crippen LogP contribution in [0, 0.1) is 0 Å². The molecule has 0 amide bonds. The van der Waals surface area contributed by atoms with Crippen molar-refractivity contribution in [1.82, 2.24) is 0 Å². The SMILES string of the molecule is CCCCC1CC(CC(O)CCCC2CC(CCCC(O)CC)OC(c3ccc(O)cc3)O2)OC(c2ccc(O)cc2)O1. The molecule has 2 heterocycles. The molecule has 240 valence electrons. The van der Waals surface area contributed by atoms with Gasteiger partial charge in [0.1, 0.15) is 11.5 Å². The highest BCUT2D eigenvalue weighted by molar-refractivity contribution is 5.27. The van der Waals surface area contributed by atoms with Crippen molar-refractivity contribution in [3.63, 3.8) is 0 Å². The van der Waals surface area contributed by atoms with Crippen LogP contribution >= 0.6 is 0 Å². The Morgan fingerprint density at radius 1 is 0.605 bits per heavy atom. The zero-order valence-corrected chi connectivity index (χ0v) is 25.9. The van der Waals surface area contributed by atoms with Crippen molar-refractivity contribution in [2.24, 2.45) is 0 Å². The monoisotopic (exact) mass is 600 g/mol. The Morgan fingerprint density at radius 2 is 1.02 bits per heavy atom. The molecule has 43 heavy (non-hydrogen) atoms. The third-order valence-corrected chi connectivity index (χ3v) is 8.66. The number of hydrogen-bond acceptors (Lipinski definition) is 8. The van der Waals surface area contributed by atoms with E-state index in [1.54, 1.807) is 24.3 Å². The summed E-state index contributed by atoms with van der Waals surface area (Å²) in [5, 5.41) is 40.4. The minimum absolute atomic E-state index is 0.00233. The summed E-state index contributed by atoms with van der Waals surface area (Å²) in [4.78, 5) is 0. The van der Waals surface area contributed by atoms with E-state index < -0.39 is 18.7 Å². The molecule has 4 N–H and O–H groups in total. The fourth-order valence-corrected chi connectivity index (χ4v) is 6.08. The van der Waals surface area contributed by atoms with Gasteiger partial charge in [-0.05, 0) is 82.1 Å². The highest BCUT2D eigenvalue weighted by atomic mass is 16.7. The first-order valence-corrected chi connectivity index (χ1v) is 16.4. The molecule has 2 aliphatic rings. The van der Waals surface area contributed by atoms with Crippen molar-refractivity contribution in [2.45, 2.75) is 147 Å². The van der Waals surface area contributed by atoms with Crippen molar-refractivity contribution in [3.05, 3.63) is 59.7 Å². The lowest BCUT2D eigenvalue weighted by molar-refractivity contribution is -0.253. The summed E-state index contributed by atoms with van der Waals surface area (Å²) in [6.07, 6.45) is 9.01. The van der Waals surface area contributed by atoms with Gasteiger partial charge in [-0.15, -0.1) is 0 Å². The molecule has 8 atom stereocenters. The van der Waals surface area contributed by atoms with E-state index in [9.17, 15) is 20.4 Å². The van der Waals surface area contributed by atoms with Gasteiger partial charge in [0, 0.05) is 24.0 Å². The Kier molecular flexibility index (Phi) is 13.6. The summed E-state index contributed by atoms with van der Waals surface area (Å²) < 4.78 is 25.2. The van der Waals surface area contributed by atoms with E-state index in [0.717, 1.165) is 81.8 Å². The van der Waals surface area contributed by atoms with Gasteiger partial charge in [0.25, 0.3) is 0 Å². The van der Waals surface area contributed by atoms with Crippen LogP contribution in [0.3, 0.4) is 0 Å². The van der Waals surface area contributed by atoms with Gasteiger partial charge in [0.15, 0.2) is 12.6 Å². The number of aromatic hydroxyl groups is 2. The summed E-state index contributed by atoms with van der Waals surface area (Å²) in [7, 11) is 0. The van der Waals surface area contributed by atoms with Crippen molar-refractivity contribution in [3.8, 4) is 11.5 Å². The molecule has 0 saturated carbocycles. The van der Waals surface area contributed by atoms with Crippen LogP contribution in [0.1, 0.15) is 121 Å². The van der Waals surface area contributed by atoms with E-state index in [1.165, 1.54) is 0 Å². The van der Waals surface area contributed by atoms with Crippen molar-refractivity contribution in [2.75, 3.05) is 0 Å². The van der Waals surface area contributed by atoms with Gasteiger partial charge in [0.05, 0.1) is 36.6 Å². The first-order valence-electron chi connectivity index (χ1n) is 16.4. The van der Waals surface area contributed by atoms with Gasteiger partial charge in [0.2, 0.25) is 0 Å². The molecule has 2 aliphatic heterocycles. The fraction of sp³-hybridized carbons (Fsp3) is 0.657. The molecule has 0 bridgehead atoms. The van der Waals surface area contributed by atoms with Gasteiger partial charge in [-0.2, -0.15) is 0 Å². The second-order valence-electron chi connectivity index (χ2n) is 12.3. The van der Waals surface area contributed by atoms with Crippen LogP contribution in [0.2, 0.25) is 0 Å². The van der Waals surface area contributed by atoms with Crippen LogP contribution in [0.5, 0.6) is 11.5 Å². The minimum Gasteiger partial charge on any atom is -0.508 e. The molecule has 8 nitrogen and oxygen atoms in total. The van der Waals surface area contributed by atoms with Crippen molar-refractivity contribution in [1.29, 1.82) is 0 Å². The Labute approximate surface area is 257 Å². The highest BCUT2D eigenvalue weighted by Gasteiger charge is 2.33. The molecule has 8 heteroatoms. The Balaban J connectivity index is 1.29. The zero-order valence-electron chi connectivity index (χ0n) is 25.9. The Morgan fingerprint density at radius 3 is 1.49 bits per heavy atom. The van der Waals surface area contributed by atoms with Gasteiger partial charge in [-0.25, -0.2) is 0 Å². The average molecular weight is 601 g/mol. The van der Waals surface area contributed by atoms with Crippen LogP contribution in [0.15, 0.2) is 48.5 Å². The number of aliphatic hydroxyl groups is 2. The minimum atomic E-state index is -0.503. The molecule has 2 aromatic rings. The molecule has 8 unspecified atom stereocenters. The van der Waals surface area contributed by atoms with Gasteiger partial charge in [-0.1, -0.05) is 51.0 Å². The molecular weight excluding hydrogens is 548 g/mol. The molecule has 2 aromatic carbocycles. The first kappa shape index (κ1) is 33.7. The van der Waals surface area contributed by atoms with E-state index in [2.05, 4.69) is 6.92 Å². The largest absolute Gasteiger partial charge is 0.508 e. The molecule has 0 radical (unpaired) electrons. The number of aliphatic hydroxyl groups excluding tert-OH is 2. The number of benzene rings is 2. The summed E-state index contributed by atoms with van der Waals surface area (Å²) in [5.74, 6) is 0.411. The van der Waals surface area contributed by atoms with Crippen LogP contribution in [-0.2, 0) is 18.9 Å². The highest BCUT2D eigenvalue weighted by Crippen LogP contribution is 2.36. The Hall–Kier alpha value is -2.20. The lowest BCUT2D eigenvalue weighted by Crippen LogP contribution is -2.36. The maximum absolute atomic E-state index is 11.0. The molecule has 4 rings (SSSR count). The third-order valence-electron chi connectivity index (χ3n) is 8.66. The summed E-state index contributed by atoms with van der Waals surface area (Å²) in [6.45, 7) is 4.17. The lowest BCUT2D eigenvalue weighted by Gasteiger charge is -2.37. The van der Waals surface area contributed by atoms with E-state index in [0.29, 0.717) is 12.8 Å². The number of hydrogen-bond donors (Lipinski definition) is 4. The smallest absolute Gasteiger partial charge is 0.184 e. The van der Waals surface area contributed by atoms with Crippen LogP contribution in [0.25, 0.3) is 0 Å². The van der Waals surface area contributed by atoms with E-state index >= 15 is 0 Å². The molecule has 2 fully saturated rings. The number of ether oxygens (including phenoxy) is 4. The molecule has 0 aromatic heterocycles. The molecule has 0 aliphatic carbocycles. The van der Waals surface area contributed by atoms with Crippen molar-refractivity contribution < 1.29 is 39.4 Å². The summed E-state index contributed by atoms with van der Waals surface area (Å²) in [6, 6.07) is 13.9. The summed E-state index contributed by atoms with van der Waals surface area (Å²) >= 11 is 0. The maximum atomic E-state index is 11.0. The van der Waals surface area contributed by atoms with Crippen LogP contribution < -0.4 is 0 Å². The maximum Gasteiger partial charge on any atom is 0.184 e. The zero-order chi connectivity index (χ0) is 30.6. The first-order chi connectivity index (χ1) is 20.8. The van der Waals surface area contributed by atoms with Gasteiger partial charge < -0.3 is 39.4 Å². The summed E-state index contributed by atoms with van der Waals surface area (Å²) in [5.41, 5.74) is 1.75. The van der Waals surface area contributed by atoms with E-state index in [4.69, 9.17) is 18.9 Å². The fourth-order valence-electron chi connectivity index (χ4n) is 6.08. The molecule has 2 saturated heterocycles. The van der Waals surface area contributed by atoms with Crippen molar-refractivity contribution >= 4 is 0 Å². The van der Waals surface area contributed by atoms with Crippen LogP contribution in [-0.4, -0.2) is 57.0 Å². The van der Waals surface area contributed by atoms with E-state index in [-0.39, 0.29) is 42.0 Å².